The zero-order chi connectivity index (χ0) is 27.8. The van der Waals surface area contributed by atoms with Crippen LogP contribution in [0, 0.1) is 0 Å². The van der Waals surface area contributed by atoms with Crippen molar-refractivity contribution in [3.8, 4) is 17.2 Å². The molecule has 14 heteroatoms. The molecule has 2 unspecified atom stereocenters. The number of rotatable bonds is 7. The number of methoxy groups -OCH3 is 2. The summed E-state index contributed by atoms with van der Waals surface area (Å²) in [5.74, 6) is -1.74. The molecule has 3 aromatic rings. The summed E-state index contributed by atoms with van der Waals surface area (Å²) in [5, 5.41) is 3.20. The quantitative estimate of drug-likeness (QED) is 0.208. The normalized spacial score (nSPS) is 17.3. The van der Waals surface area contributed by atoms with E-state index >= 15 is 0 Å². The lowest BCUT2D eigenvalue weighted by Crippen LogP contribution is -2.18. The average Bonchev–Trinajstić information content (AvgIpc) is 3.26. The second kappa shape index (κ2) is 10.4. The minimum absolute atomic E-state index is 0.0194. The number of aromatic nitrogens is 3. The number of para-hydroxylation sites is 1. The Kier molecular flexibility index (Phi) is 7.53. The van der Waals surface area contributed by atoms with Crippen molar-refractivity contribution >= 4 is 17.6 Å². The summed E-state index contributed by atoms with van der Waals surface area (Å²) in [6.45, 7) is 1.59. The summed E-state index contributed by atoms with van der Waals surface area (Å²) in [7, 11) is 2.69. The van der Waals surface area contributed by atoms with E-state index in [1.807, 2.05) is 0 Å². The summed E-state index contributed by atoms with van der Waals surface area (Å²) in [4.78, 5) is 12.4. The SMILES string of the molecule is CCOC(=O)CC1OC(c2cccc(OC)c2OC)c2cc(C(F)(F)F)ccc2-n2c1nnc2C(F)(F)Cl. The van der Waals surface area contributed by atoms with Gasteiger partial charge in [0.05, 0.1) is 38.5 Å². The molecule has 0 aliphatic carbocycles. The third-order valence-electron chi connectivity index (χ3n) is 5.78. The first-order chi connectivity index (χ1) is 17.9. The smallest absolute Gasteiger partial charge is 0.416 e. The molecule has 0 N–H and O–H groups in total. The van der Waals surface area contributed by atoms with Crippen LogP contribution in [0.2, 0.25) is 0 Å². The van der Waals surface area contributed by atoms with Crippen molar-refractivity contribution in [2.45, 2.75) is 37.1 Å². The van der Waals surface area contributed by atoms with Crippen molar-refractivity contribution in [1.82, 2.24) is 14.8 Å². The number of carbonyl (C=O) groups excluding carboxylic acids is 1. The fourth-order valence-corrected chi connectivity index (χ4v) is 4.36. The highest BCUT2D eigenvalue weighted by molar-refractivity contribution is 6.21. The lowest BCUT2D eigenvalue weighted by atomic mass is 9.96. The van der Waals surface area contributed by atoms with E-state index in [-0.39, 0.29) is 40.7 Å². The summed E-state index contributed by atoms with van der Waals surface area (Å²) in [6, 6.07) is 7.12. The first-order valence-corrected chi connectivity index (χ1v) is 11.5. The van der Waals surface area contributed by atoms with E-state index in [4.69, 9.17) is 30.5 Å². The van der Waals surface area contributed by atoms with Crippen molar-refractivity contribution in [2.24, 2.45) is 0 Å². The number of hydrogen-bond acceptors (Lipinski definition) is 7. The predicted octanol–water partition coefficient (Wildman–Crippen LogP) is 5.71. The minimum atomic E-state index is -4.77. The second-order valence-electron chi connectivity index (χ2n) is 8.08. The van der Waals surface area contributed by atoms with Gasteiger partial charge < -0.3 is 18.9 Å². The molecule has 0 saturated heterocycles. The molecule has 204 valence electrons. The Balaban J connectivity index is 2.05. The van der Waals surface area contributed by atoms with Crippen LogP contribution in [0.1, 0.15) is 53.9 Å². The molecule has 0 amide bonds. The van der Waals surface area contributed by atoms with E-state index in [1.165, 1.54) is 20.3 Å². The van der Waals surface area contributed by atoms with Gasteiger partial charge in [-0.15, -0.1) is 10.2 Å². The molecule has 0 spiro atoms. The van der Waals surface area contributed by atoms with Crippen LogP contribution in [-0.4, -0.2) is 41.6 Å². The molecule has 1 aliphatic heterocycles. The Morgan fingerprint density at radius 1 is 1.08 bits per heavy atom. The van der Waals surface area contributed by atoms with Crippen LogP contribution in [0.5, 0.6) is 11.5 Å². The number of alkyl halides is 6. The highest BCUT2D eigenvalue weighted by Gasteiger charge is 2.43. The van der Waals surface area contributed by atoms with E-state index in [0.717, 1.165) is 22.8 Å². The number of esters is 1. The molecule has 8 nitrogen and oxygen atoms in total. The van der Waals surface area contributed by atoms with Crippen molar-refractivity contribution in [3.05, 3.63) is 64.7 Å². The van der Waals surface area contributed by atoms with Gasteiger partial charge in [0.1, 0.15) is 12.2 Å². The molecule has 1 aromatic heterocycles. The molecule has 38 heavy (non-hydrogen) atoms. The van der Waals surface area contributed by atoms with Crippen LogP contribution in [0.15, 0.2) is 36.4 Å². The number of benzene rings is 2. The molecule has 2 heterocycles. The fourth-order valence-electron chi connectivity index (χ4n) is 4.24. The van der Waals surface area contributed by atoms with E-state index in [0.29, 0.717) is 0 Å². The van der Waals surface area contributed by atoms with Gasteiger partial charge in [-0.1, -0.05) is 12.1 Å². The van der Waals surface area contributed by atoms with Gasteiger partial charge in [-0.2, -0.15) is 22.0 Å². The maximum atomic E-state index is 14.4. The number of fused-ring (bicyclic) bond motifs is 3. The molecule has 0 bridgehead atoms. The summed E-state index contributed by atoms with van der Waals surface area (Å²) < 4.78 is 92.9. The van der Waals surface area contributed by atoms with E-state index in [9.17, 15) is 26.7 Å². The lowest BCUT2D eigenvalue weighted by Gasteiger charge is -2.25. The van der Waals surface area contributed by atoms with Gasteiger partial charge in [0, 0.05) is 11.1 Å². The Morgan fingerprint density at radius 3 is 2.42 bits per heavy atom. The first kappa shape index (κ1) is 27.6. The van der Waals surface area contributed by atoms with Gasteiger partial charge in [0.15, 0.2) is 17.3 Å². The lowest BCUT2D eigenvalue weighted by molar-refractivity contribution is -0.147. The molecule has 4 rings (SSSR count). The van der Waals surface area contributed by atoms with Crippen molar-refractivity contribution < 1.29 is 45.7 Å². The predicted molar refractivity (Wildman–Crippen MR) is 123 cm³/mol. The van der Waals surface area contributed by atoms with Gasteiger partial charge in [-0.3, -0.25) is 9.36 Å². The third kappa shape index (κ3) is 5.12. The van der Waals surface area contributed by atoms with E-state index in [2.05, 4.69) is 10.2 Å². The molecule has 0 radical (unpaired) electrons. The summed E-state index contributed by atoms with van der Waals surface area (Å²) >= 11 is 5.30. The molecule has 2 atom stereocenters. The Morgan fingerprint density at radius 2 is 1.82 bits per heavy atom. The van der Waals surface area contributed by atoms with Gasteiger partial charge in [-0.05, 0) is 42.8 Å². The van der Waals surface area contributed by atoms with Crippen molar-refractivity contribution in [3.63, 3.8) is 0 Å². The van der Waals surface area contributed by atoms with Gasteiger partial charge >= 0.3 is 17.5 Å². The van der Waals surface area contributed by atoms with Gasteiger partial charge in [-0.25, -0.2) is 0 Å². The van der Waals surface area contributed by atoms with Crippen LogP contribution in [0.3, 0.4) is 0 Å². The molecule has 1 aliphatic rings. The van der Waals surface area contributed by atoms with Crippen molar-refractivity contribution in [2.75, 3.05) is 20.8 Å². The number of halogens is 6. The van der Waals surface area contributed by atoms with Crippen LogP contribution in [-0.2, 0) is 25.8 Å². The average molecular weight is 562 g/mol. The molecule has 0 fully saturated rings. The third-order valence-corrected chi connectivity index (χ3v) is 5.95. The number of ether oxygens (including phenoxy) is 4. The zero-order valence-electron chi connectivity index (χ0n) is 20.2. The fraction of sp³-hybridized carbons (Fsp3) is 0.375. The van der Waals surface area contributed by atoms with Crippen LogP contribution in [0.4, 0.5) is 22.0 Å². The maximum Gasteiger partial charge on any atom is 0.416 e. The largest absolute Gasteiger partial charge is 0.493 e. The number of carbonyl (C=O) groups is 1. The number of hydrogen-bond donors (Lipinski definition) is 0. The minimum Gasteiger partial charge on any atom is -0.493 e. The second-order valence-corrected chi connectivity index (χ2v) is 8.56. The van der Waals surface area contributed by atoms with Gasteiger partial charge in [0.2, 0.25) is 5.82 Å². The molecular formula is C24H21ClF5N3O5. The highest BCUT2D eigenvalue weighted by atomic mass is 35.5. The standard InChI is InChI=1S/C24H21ClF5N3O5/c1-4-37-18(34)11-17-21-31-32-22(23(25,26)27)33(21)15-9-8-12(24(28,29)30)10-14(15)19(38-17)13-6-5-7-16(35-2)20(13)36-3/h5-10,17,19H,4,11H2,1-3H3. The Labute approximate surface area is 218 Å². The van der Waals surface area contributed by atoms with E-state index in [1.54, 1.807) is 19.1 Å². The van der Waals surface area contributed by atoms with Gasteiger partial charge in [0.25, 0.3) is 0 Å². The Hall–Kier alpha value is -3.45. The summed E-state index contributed by atoms with van der Waals surface area (Å²) in [6.07, 6.45) is -8.03. The summed E-state index contributed by atoms with van der Waals surface area (Å²) in [5.41, 5.74) is -1.20. The topological polar surface area (TPSA) is 84.7 Å². The van der Waals surface area contributed by atoms with Crippen LogP contribution < -0.4 is 9.47 Å². The highest BCUT2D eigenvalue weighted by Crippen LogP contribution is 2.48. The van der Waals surface area contributed by atoms with Crippen molar-refractivity contribution in [1.29, 1.82) is 0 Å². The Bertz CT molecular complexity index is 1340. The zero-order valence-corrected chi connectivity index (χ0v) is 20.9. The van der Waals surface area contributed by atoms with Crippen LogP contribution in [0.25, 0.3) is 5.69 Å². The molecular weight excluding hydrogens is 541 g/mol. The van der Waals surface area contributed by atoms with E-state index < -0.39 is 47.5 Å². The maximum absolute atomic E-state index is 14.4. The number of nitrogens with zero attached hydrogens (tertiary/aromatic N) is 3. The molecule has 2 aromatic carbocycles. The van der Waals surface area contributed by atoms with Crippen LogP contribution >= 0.6 is 11.6 Å². The molecule has 0 saturated carbocycles. The monoisotopic (exact) mass is 561 g/mol. The first-order valence-electron chi connectivity index (χ1n) is 11.2.